The lowest BCUT2D eigenvalue weighted by atomic mass is 9.81. The number of halogens is 3. The molecule has 0 bridgehead atoms. The smallest absolute Gasteiger partial charge is 0.488 e. The fourth-order valence-corrected chi connectivity index (χ4v) is 9.97. The van der Waals surface area contributed by atoms with Gasteiger partial charge in [0.15, 0.2) is 0 Å². The number of carboxylic acid groups (broad SMARTS) is 1. The van der Waals surface area contributed by atoms with Gasteiger partial charge in [-0.1, -0.05) is 123 Å². The molecule has 9 rings (SSSR count). The number of para-hydroxylation sites is 3. The van der Waals surface area contributed by atoms with Crippen molar-refractivity contribution in [2.24, 2.45) is 0 Å². The summed E-state index contributed by atoms with van der Waals surface area (Å²) >= 11 is 9.59. The molecule has 24 heteroatoms. The predicted octanol–water partition coefficient (Wildman–Crippen LogP) is 24.6. The summed E-state index contributed by atoms with van der Waals surface area (Å²) in [5.41, 5.74) is 3.93. The van der Waals surface area contributed by atoms with E-state index in [0.717, 1.165) is 26.9 Å². The number of carbonyl (C=O) groups is 5. The van der Waals surface area contributed by atoms with E-state index in [9.17, 15) is 29.1 Å². The first kappa shape index (κ1) is 107. The number of allylic oxidation sites excluding steroid dienone is 2. The fourth-order valence-electron chi connectivity index (χ4n) is 9.14. The summed E-state index contributed by atoms with van der Waals surface area (Å²) in [5.74, 6) is 1.70. The Hall–Kier alpha value is -9.89. The molecular formula is C97H123BBr3NO19. The first-order valence-electron chi connectivity index (χ1n) is 38.9. The Morgan fingerprint density at radius 1 is 0.405 bits per heavy atom. The zero-order valence-corrected chi connectivity index (χ0v) is 79.4. The van der Waals surface area contributed by atoms with Crippen LogP contribution in [0.2, 0.25) is 0 Å². The molecule has 1 atom stereocenters. The monoisotopic (exact) mass is 1850 g/mol. The molecule has 0 spiro atoms. The van der Waals surface area contributed by atoms with E-state index < -0.39 is 41.5 Å². The normalized spacial score (nSPS) is 11.3. The lowest BCUT2D eigenvalue weighted by Gasteiger charge is -2.33. The summed E-state index contributed by atoms with van der Waals surface area (Å²) in [6.07, 6.45) is 0.00391. The Labute approximate surface area is 742 Å². The van der Waals surface area contributed by atoms with E-state index in [1.165, 1.54) is 29.8 Å². The largest absolute Gasteiger partial charge is 0.507 e. The molecule has 654 valence electrons. The van der Waals surface area contributed by atoms with Gasteiger partial charge in [0.25, 0.3) is 0 Å². The average Bonchev–Trinajstić information content (AvgIpc) is 0.821. The third-order valence-electron chi connectivity index (χ3n) is 14.4. The number of nitrogens with zero attached hydrogens (tertiary/aromatic N) is 1. The molecule has 1 unspecified atom stereocenters. The van der Waals surface area contributed by atoms with Crippen LogP contribution in [0.5, 0.6) is 46.0 Å². The zero-order valence-electron chi connectivity index (χ0n) is 74.6. The van der Waals surface area contributed by atoms with Crippen LogP contribution in [0.4, 0.5) is 0 Å². The van der Waals surface area contributed by atoms with Gasteiger partial charge in [-0.05, 0) is 345 Å². The van der Waals surface area contributed by atoms with Gasteiger partial charge in [-0.2, -0.15) is 0 Å². The topological polar surface area (TPSA) is 273 Å². The Balaban J connectivity index is 0.000000484. The molecule has 121 heavy (non-hydrogen) atoms. The number of aromatic hydroxyl groups is 2. The van der Waals surface area contributed by atoms with E-state index in [-0.39, 0.29) is 52.4 Å². The predicted molar refractivity (Wildman–Crippen MR) is 495 cm³/mol. The number of ether oxygens (including phenoxy) is 9. The molecular weight excluding hydrogens is 1730 g/mol. The number of rotatable bonds is 18. The highest BCUT2D eigenvalue weighted by Gasteiger charge is 2.26. The lowest BCUT2D eigenvalue weighted by molar-refractivity contribution is -0.165. The van der Waals surface area contributed by atoms with Crippen molar-refractivity contribution in [1.82, 2.24) is 4.90 Å². The van der Waals surface area contributed by atoms with Crippen molar-refractivity contribution in [3.8, 4) is 46.0 Å². The van der Waals surface area contributed by atoms with Crippen LogP contribution in [0.15, 0.2) is 244 Å². The van der Waals surface area contributed by atoms with Crippen molar-refractivity contribution in [2.75, 3.05) is 20.7 Å². The van der Waals surface area contributed by atoms with Gasteiger partial charge in [0, 0.05) is 5.56 Å². The van der Waals surface area contributed by atoms with Gasteiger partial charge in [-0.25, -0.2) is 24.0 Å². The van der Waals surface area contributed by atoms with Gasteiger partial charge in [0.1, 0.15) is 74.6 Å². The highest BCUT2D eigenvalue weighted by Crippen LogP contribution is 2.36. The summed E-state index contributed by atoms with van der Waals surface area (Å²) in [4.78, 5) is 60.5. The Bertz CT molecular complexity index is 4730. The van der Waals surface area contributed by atoms with Crippen molar-refractivity contribution >= 4 is 95.8 Å². The molecule has 0 aliphatic heterocycles. The fraction of sp³-hybridized carbons (Fsp3) is 0.351. The number of aromatic carboxylic acids is 1. The lowest BCUT2D eigenvalue weighted by Crippen LogP contribution is -2.42. The number of esters is 4. The molecule has 0 radical (unpaired) electrons. The van der Waals surface area contributed by atoms with Crippen LogP contribution in [0.25, 0.3) is 5.57 Å². The average molecular weight is 1860 g/mol. The molecule has 9 aromatic rings. The molecule has 0 saturated carbocycles. The third kappa shape index (κ3) is 46.6. The molecule has 0 saturated heterocycles. The summed E-state index contributed by atoms with van der Waals surface area (Å²) in [6, 6.07) is 61.6. The first-order valence-corrected chi connectivity index (χ1v) is 41.3. The summed E-state index contributed by atoms with van der Waals surface area (Å²) in [7, 11) is 2.66. The molecule has 0 heterocycles. The number of benzene rings is 9. The maximum absolute atomic E-state index is 12.3. The molecule has 20 nitrogen and oxygen atoms in total. The Kier molecular flexibility index (Phi) is 44.7. The third-order valence-corrected chi connectivity index (χ3v) is 16.4. The SMILES string of the molecule is C=C(C)C.C=C(C)c1ccc(C(=O)OC(C)(C)C)cc1Oc1ccccc1.CC(C)(C)OC(=O)c1ccc(Br)c(O)c1.CC(C)(C)OC(=O)c1ccc(Br)c(Oc2ccccc2)c1.CC(C)c1ccc(C(=O)OC(C)(C)C)cc1Oc1ccccc1.CN(C)C(COC(C)(C)C)OC(C)(C)C.O=C(O)c1ccc(Br)c(O)c1.OB(O)c1ccccc1. The minimum atomic E-state index is -1.34. The zero-order chi connectivity index (χ0) is 92.1. The van der Waals surface area contributed by atoms with E-state index in [1.807, 2.05) is 211 Å². The molecule has 5 N–H and O–H groups in total. The Morgan fingerprint density at radius 2 is 0.711 bits per heavy atom. The van der Waals surface area contributed by atoms with Crippen molar-refractivity contribution < 1.29 is 92.0 Å². The number of phenols is 2. The van der Waals surface area contributed by atoms with Gasteiger partial charge in [0.2, 0.25) is 0 Å². The van der Waals surface area contributed by atoms with Crippen molar-refractivity contribution in [2.45, 2.75) is 205 Å². The van der Waals surface area contributed by atoms with Gasteiger partial charge >= 0.3 is 37.0 Å². The van der Waals surface area contributed by atoms with Crippen LogP contribution >= 0.6 is 47.8 Å². The second-order valence-electron chi connectivity index (χ2n) is 34.0. The van der Waals surface area contributed by atoms with Crippen LogP contribution in [-0.4, -0.2) is 128 Å². The van der Waals surface area contributed by atoms with E-state index in [0.29, 0.717) is 77.9 Å². The van der Waals surface area contributed by atoms with Crippen molar-refractivity contribution in [1.29, 1.82) is 0 Å². The standard InChI is InChI=1S/C20H24O3.C20H22O3.C17H17BrO3.C12H27NO2.C11H13BrO3.C7H5BrO3.C6H7BO2.C4H8/c2*1-14(2)17-12-11-15(19(21)23-20(3,4)5)13-18(17)22-16-9-7-6-8-10-16;1-17(2,3)21-16(19)12-9-10-14(18)15(11-12)20-13-7-5-4-6-8-13;1-11(2,3)14-9-10(13(7)8)15-12(4,5)6;1-11(2,3)15-10(14)7-4-5-8(12)9(13)6-7;8-5-2-1-4(7(10)11)3-6(5)9;8-7(9)6-4-2-1-3-5-6;1-4(2)3/h6-14H,1-5H3;6-13H,1H2,2-5H3;4-11H,1-3H3;10H,9H2,1-8H3;4-6,13H,1-3H3;1-3,9H,(H,10,11);1-5,8-9H;1H2,2-3H3. The molecule has 9 aromatic carbocycles. The van der Waals surface area contributed by atoms with Gasteiger partial charge in [-0.3, -0.25) is 4.90 Å². The number of carboxylic acids is 1. The highest BCUT2D eigenvalue weighted by atomic mass is 79.9. The van der Waals surface area contributed by atoms with Crippen LogP contribution in [-0.2, 0) is 28.4 Å². The van der Waals surface area contributed by atoms with Crippen LogP contribution in [0.3, 0.4) is 0 Å². The molecule has 0 aromatic heterocycles. The molecule has 0 aliphatic rings. The molecule has 0 aliphatic carbocycles. The minimum absolute atomic E-state index is 0.00391. The van der Waals surface area contributed by atoms with E-state index in [4.69, 9.17) is 62.9 Å². The highest BCUT2D eigenvalue weighted by molar-refractivity contribution is 9.11. The number of carbonyl (C=O) groups excluding carboxylic acids is 4. The summed E-state index contributed by atoms with van der Waals surface area (Å²) < 4.78 is 52.5. The molecule has 0 amide bonds. The summed E-state index contributed by atoms with van der Waals surface area (Å²) in [5, 5.41) is 44.1. The van der Waals surface area contributed by atoms with E-state index >= 15 is 0 Å². The van der Waals surface area contributed by atoms with Gasteiger partial charge in [0.05, 0.1) is 59.0 Å². The minimum Gasteiger partial charge on any atom is -0.507 e. The molecule has 0 fully saturated rings. The van der Waals surface area contributed by atoms with Crippen LogP contribution < -0.4 is 19.7 Å². The van der Waals surface area contributed by atoms with Crippen LogP contribution in [0, 0.1) is 0 Å². The van der Waals surface area contributed by atoms with Crippen molar-refractivity contribution in [3.05, 3.63) is 283 Å². The number of hydrogen-bond acceptors (Lipinski definition) is 19. The van der Waals surface area contributed by atoms with Gasteiger partial charge < -0.3 is 68.0 Å². The first-order chi connectivity index (χ1) is 55.8. The second-order valence-corrected chi connectivity index (χ2v) is 36.6. The van der Waals surface area contributed by atoms with E-state index in [2.05, 4.69) is 116 Å². The quantitative estimate of drug-likeness (QED) is 0.0176. The second kappa shape index (κ2) is 50.5. The number of hydrogen-bond donors (Lipinski definition) is 5. The summed E-state index contributed by atoms with van der Waals surface area (Å²) in [6.45, 7) is 52.5. The maximum Gasteiger partial charge on any atom is 0.488 e. The Morgan fingerprint density at radius 3 is 1.02 bits per heavy atom. The maximum atomic E-state index is 12.3. The van der Waals surface area contributed by atoms with Crippen molar-refractivity contribution in [3.63, 3.8) is 0 Å². The van der Waals surface area contributed by atoms with Gasteiger partial charge in [-0.15, -0.1) is 6.58 Å². The van der Waals surface area contributed by atoms with E-state index in [1.54, 1.807) is 99.6 Å². The van der Waals surface area contributed by atoms with Crippen LogP contribution in [0.1, 0.15) is 228 Å². The number of likely N-dealkylation sites (N-methyl/N-ethyl adjacent to an activating group) is 1. The number of phenolic OH excluding ortho intramolecular Hbond substituents is 2.